The molecule has 0 bridgehead atoms. The molecule has 2 rings (SSSR count). The number of rotatable bonds is 5. The highest BCUT2D eigenvalue weighted by Gasteiger charge is 2.07. The van der Waals surface area contributed by atoms with E-state index in [1.54, 1.807) is 7.11 Å². The summed E-state index contributed by atoms with van der Waals surface area (Å²) in [6.07, 6.45) is 0.762. The molecule has 0 aliphatic rings. The van der Waals surface area contributed by atoms with Crippen molar-refractivity contribution in [1.82, 2.24) is 0 Å². The van der Waals surface area contributed by atoms with E-state index in [1.807, 2.05) is 37.3 Å². The van der Waals surface area contributed by atoms with E-state index in [4.69, 9.17) is 14.9 Å². The number of benzene rings is 1. The van der Waals surface area contributed by atoms with Crippen LogP contribution >= 0.6 is 0 Å². The molecule has 0 aliphatic heterocycles. The van der Waals surface area contributed by atoms with Gasteiger partial charge in [0.05, 0.1) is 6.61 Å². The summed E-state index contributed by atoms with van der Waals surface area (Å²) < 4.78 is 10.9. The predicted octanol–water partition coefficient (Wildman–Crippen LogP) is 2.98. The number of hydrogen-bond acceptors (Lipinski definition) is 3. The van der Waals surface area contributed by atoms with E-state index in [9.17, 15) is 0 Å². The molecule has 1 unspecified atom stereocenters. The van der Waals surface area contributed by atoms with Gasteiger partial charge in [-0.2, -0.15) is 0 Å². The summed E-state index contributed by atoms with van der Waals surface area (Å²) in [5, 5.41) is 0. The topological polar surface area (TPSA) is 48.4 Å². The van der Waals surface area contributed by atoms with E-state index in [1.165, 1.54) is 0 Å². The summed E-state index contributed by atoms with van der Waals surface area (Å²) >= 11 is 0. The Bertz CT molecular complexity index is 503. The van der Waals surface area contributed by atoms with Crippen LogP contribution in [0.1, 0.15) is 18.2 Å². The van der Waals surface area contributed by atoms with E-state index >= 15 is 0 Å². The fraction of sp³-hybridized carbons (Fsp3) is 0.333. The van der Waals surface area contributed by atoms with Gasteiger partial charge in [0, 0.05) is 25.1 Å². The lowest BCUT2D eigenvalue weighted by atomic mass is 10.1. The number of hydrogen-bond donors (Lipinski definition) is 1. The van der Waals surface area contributed by atoms with E-state index in [-0.39, 0.29) is 6.04 Å². The van der Waals surface area contributed by atoms with Gasteiger partial charge in [-0.25, -0.2) is 0 Å². The third-order valence-electron chi connectivity index (χ3n) is 2.71. The summed E-state index contributed by atoms with van der Waals surface area (Å²) in [4.78, 5) is 0. The fourth-order valence-electron chi connectivity index (χ4n) is 1.94. The van der Waals surface area contributed by atoms with E-state index in [2.05, 4.69) is 6.07 Å². The van der Waals surface area contributed by atoms with E-state index < -0.39 is 0 Å². The van der Waals surface area contributed by atoms with Crippen molar-refractivity contribution in [3.8, 4) is 11.3 Å². The van der Waals surface area contributed by atoms with Crippen LogP contribution in [0.3, 0.4) is 0 Å². The zero-order valence-corrected chi connectivity index (χ0v) is 10.8. The highest BCUT2D eigenvalue weighted by molar-refractivity contribution is 5.58. The molecule has 0 radical (unpaired) electrons. The standard InChI is InChI=1S/C15H19NO2/c1-11(16)8-14-6-7-15(18-14)13-5-3-4-12(9-13)10-17-2/h3-7,9,11H,8,10,16H2,1-2H3. The number of methoxy groups -OCH3 is 1. The zero-order valence-electron chi connectivity index (χ0n) is 10.8. The Balaban J connectivity index is 2.20. The smallest absolute Gasteiger partial charge is 0.134 e. The minimum atomic E-state index is 0.115. The molecule has 1 aromatic heterocycles. The Kier molecular flexibility index (Phi) is 4.18. The molecule has 0 aliphatic carbocycles. The molecule has 0 saturated carbocycles. The molecule has 2 N–H and O–H groups in total. The van der Waals surface area contributed by atoms with Gasteiger partial charge in [0.15, 0.2) is 0 Å². The predicted molar refractivity (Wildman–Crippen MR) is 72.2 cm³/mol. The lowest BCUT2D eigenvalue weighted by Gasteiger charge is -2.03. The SMILES string of the molecule is COCc1cccc(-c2ccc(CC(C)N)o2)c1. The Hall–Kier alpha value is -1.58. The Morgan fingerprint density at radius 1 is 1.28 bits per heavy atom. The molecular weight excluding hydrogens is 226 g/mol. The summed E-state index contributed by atoms with van der Waals surface area (Å²) in [6.45, 7) is 2.59. The first kappa shape index (κ1) is 12.9. The van der Waals surface area contributed by atoms with Crippen molar-refractivity contribution in [1.29, 1.82) is 0 Å². The maximum atomic E-state index is 5.79. The summed E-state index contributed by atoms with van der Waals surface area (Å²) in [7, 11) is 1.69. The molecule has 0 saturated heterocycles. The first-order valence-corrected chi connectivity index (χ1v) is 6.11. The molecule has 3 heteroatoms. The second kappa shape index (κ2) is 5.85. The Morgan fingerprint density at radius 3 is 2.83 bits per heavy atom. The summed E-state index contributed by atoms with van der Waals surface area (Å²) in [5.41, 5.74) is 7.97. The van der Waals surface area contributed by atoms with Gasteiger partial charge >= 0.3 is 0 Å². The summed E-state index contributed by atoms with van der Waals surface area (Å²) in [6, 6.07) is 12.3. The third kappa shape index (κ3) is 3.22. The van der Waals surface area contributed by atoms with Crippen molar-refractivity contribution < 1.29 is 9.15 Å². The van der Waals surface area contributed by atoms with Crippen molar-refractivity contribution in [2.75, 3.05) is 7.11 Å². The average molecular weight is 245 g/mol. The van der Waals surface area contributed by atoms with Crippen LogP contribution < -0.4 is 5.73 Å². The van der Waals surface area contributed by atoms with Crippen molar-refractivity contribution >= 4 is 0 Å². The average Bonchev–Trinajstić information content (AvgIpc) is 2.77. The van der Waals surface area contributed by atoms with Crippen LogP contribution in [0.25, 0.3) is 11.3 Å². The van der Waals surface area contributed by atoms with Gasteiger partial charge in [-0.05, 0) is 30.7 Å². The molecule has 96 valence electrons. The van der Waals surface area contributed by atoms with Gasteiger partial charge in [-0.3, -0.25) is 0 Å². The third-order valence-corrected chi connectivity index (χ3v) is 2.71. The fourth-order valence-corrected chi connectivity index (χ4v) is 1.94. The van der Waals surface area contributed by atoms with Crippen LogP contribution in [0.5, 0.6) is 0 Å². The van der Waals surface area contributed by atoms with Crippen molar-refractivity contribution in [2.24, 2.45) is 5.73 Å². The first-order valence-electron chi connectivity index (χ1n) is 6.11. The van der Waals surface area contributed by atoms with Crippen LogP contribution in [0.4, 0.5) is 0 Å². The van der Waals surface area contributed by atoms with Crippen molar-refractivity contribution in [3.63, 3.8) is 0 Å². The van der Waals surface area contributed by atoms with Crippen LogP contribution in [0.15, 0.2) is 40.8 Å². The summed E-state index contributed by atoms with van der Waals surface area (Å²) in [5.74, 6) is 1.81. The van der Waals surface area contributed by atoms with Gasteiger partial charge in [0.1, 0.15) is 11.5 Å². The molecule has 2 aromatic rings. The van der Waals surface area contributed by atoms with Crippen LogP contribution in [-0.4, -0.2) is 13.2 Å². The largest absolute Gasteiger partial charge is 0.461 e. The van der Waals surface area contributed by atoms with Crippen LogP contribution in [-0.2, 0) is 17.8 Å². The quantitative estimate of drug-likeness (QED) is 0.881. The monoisotopic (exact) mass is 245 g/mol. The minimum absolute atomic E-state index is 0.115. The number of ether oxygens (including phenoxy) is 1. The molecule has 0 fully saturated rings. The van der Waals surface area contributed by atoms with E-state index in [0.29, 0.717) is 6.61 Å². The molecule has 1 aromatic carbocycles. The Morgan fingerprint density at radius 2 is 2.11 bits per heavy atom. The highest BCUT2D eigenvalue weighted by atomic mass is 16.5. The van der Waals surface area contributed by atoms with Gasteiger partial charge < -0.3 is 14.9 Å². The van der Waals surface area contributed by atoms with Crippen LogP contribution in [0, 0.1) is 0 Å². The molecule has 0 spiro atoms. The van der Waals surface area contributed by atoms with Crippen molar-refractivity contribution in [3.05, 3.63) is 47.7 Å². The van der Waals surface area contributed by atoms with Gasteiger partial charge in [-0.1, -0.05) is 18.2 Å². The molecule has 1 heterocycles. The van der Waals surface area contributed by atoms with Crippen molar-refractivity contribution in [2.45, 2.75) is 26.0 Å². The maximum absolute atomic E-state index is 5.79. The highest BCUT2D eigenvalue weighted by Crippen LogP contribution is 2.23. The molecular formula is C15H19NO2. The van der Waals surface area contributed by atoms with Gasteiger partial charge in [0.25, 0.3) is 0 Å². The normalized spacial score (nSPS) is 12.6. The number of nitrogens with two attached hydrogens (primary N) is 1. The van der Waals surface area contributed by atoms with Gasteiger partial charge in [-0.15, -0.1) is 0 Å². The van der Waals surface area contributed by atoms with Crippen LogP contribution in [0.2, 0.25) is 0 Å². The molecule has 1 atom stereocenters. The molecule has 3 nitrogen and oxygen atoms in total. The zero-order chi connectivity index (χ0) is 13.0. The van der Waals surface area contributed by atoms with Gasteiger partial charge in [0.2, 0.25) is 0 Å². The second-order valence-electron chi connectivity index (χ2n) is 4.58. The number of furan rings is 1. The second-order valence-corrected chi connectivity index (χ2v) is 4.58. The first-order chi connectivity index (χ1) is 8.69. The Labute approximate surface area is 108 Å². The lowest BCUT2D eigenvalue weighted by molar-refractivity contribution is 0.185. The van der Waals surface area contributed by atoms with E-state index in [0.717, 1.165) is 29.1 Å². The maximum Gasteiger partial charge on any atom is 0.134 e. The molecule has 0 amide bonds. The minimum Gasteiger partial charge on any atom is -0.461 e. The molecule has 18 heavy (non-hydrogen) atoms. The lowest BCUT2D eigenvalue weighted by Crippen LogP contribution is -2.17.